The Kier molecular flexibility index (Phi) is 3.24. The van der Waals surface area contributed by atoms with E-state index in [0.717, 1.165) is 0 Å². The molecule has 1 aromatic heterocycles. The van der Waals surface area contributed by atoms with Crippen LogP contribution >= 0.6 is 0 Å². The number of carbonyl (C=O) groups is 1. The van der Waals surface area contributed by atoms with E-state index in [2.05, 4.69) is 9.97 Å². The van der Waals surface area contributed by atoms with Crippen molar-refractivity contribution in [1.29, 1.82) is 0 Å². The topological polar surface area (TPSA) is 72.3 Å². The smallest absolute Gasteiger partial charge is 0.354 e. The average molecular weight is 210 g/mol. The highest BCUT2D eigenvalue weighted by Crippen LogP contribution is 2.14. The SMILES string of the molecule is CC(C)(C)COc1nccc(C(=O)O)n1. The van der Waals surface area contributed by atoms with Gasteiger partial charge >= 0.3 is 12.0 Å². The van der Waals surface area contributed by atoms with Gasteiger partial charge in [-0.3, -0.25) is 0 Å². The minimum atomic E-state index is -1.09. The van der Waals surface area contributed by atoms with Gasteiger partial charge in [0.1, 0.15) is 0 Å². The molecule has 82 valence electrons. The zero-order valence-corrected chi connectivity index (χ0v) is 9.02. The molecule has 5 nitrogen and oxygen atoms in total. The molecule has 5 heteroatoms. The summed E-state index contributed by atoms with van der Waals surface area (Å²) in [7, 11) is 0. The maximum atomic E-state index is 10.6. The maximum absolute atomic E-state index is 10.6. The van der Waals surface area contributed by atoms with Gasteiger partial charge in [-0.2, -0.15) is 4.98 Å². The lowest BCUT2D eigenvalue weighted by molar-refractivity contribution is 0.0688. The van der Waals surface area contributed by atoms with Gasteiger partial charge in [0, 0.05) is 6.20 Å². The van der Waals surface area contributed by atoms with Crippen LogP contribution in [0.4, 0.5) is 0 Å². The van der Waals surface area contributed by atoms with Crippen LogP contribution in [0.5, 0.6) is 6.01 Å². The fraction of sp³-hybridized carbons (Fsp3) is 0.500. The Labute approximate surface area is 88.1 Å². The molecule has 0 bridgehead atoms. The van der Waals surface area contributed by atoms with Gasteiger partial charge in [0.15, 0.2) is 5.69 Å². The minimum Gasteiger partial charge on any atom is -0.477 e. The summed E-state index contributed by atoms with van der Waals surface area (Å²) >= 11 is 0. The van der Waals surface area contributed by atoms with Crippen LogP contribution in [-0.2, 0) is 0 Å². The Morgan fingerprint density at radius 3 is 2.73 bits per heavy atom. The molecule has 0 aliphatic carbocycles. The molecule has 0 unspecified atom stereocenters. The van der Waals surface area contributed by atoms with E-state index in [4.69, 9.17) is 9.84 Å². The highest BCUT2D eigenvalue weighted by Gasteiger charge is 2.13. The molecule has 0 saturated heterocycles. The van der Waals surface area contributed by atoms with Crippen molar-refractivity contribution in [2.75, 3.05) is 6.61 Å². The third-order valence-corrected chi connectivity index (χ3v) is 1.49. The lowest BCUT2D eigenvalue weighted by Crippen LogP contribution is -2.18. The van der Waals surface area contributed by atoms with Crippen LogP contribution in [0.15, 0.2) is 12.3 Å². The van der Waals surface area contributed by atoms with Crippen LogP contribution in [0.25, 0.3) is 0 Å². The summed E-state index contributed by atoms with van der Waals surface area (Å²) in [5.74, 6) is -1.09. The zero-order valence-electron chi connectivity index (χ0n) is 9.02. The highest BCUT2D eigenvalue weighted by molar-refractivity contribution is 5.85. The van der Waals surface area contributed by atoms with Gasteiger partial charge in [0.2, 0.25) is 0 Å². The van der Waals surface area contributed by atoms with E-state index in [9.17, 15) is 4.79 Å². The van der Waals surface area contributed by atoms with Crippen molar-refractivity contribution >= 4 is 5.97 Å². The third kappa shape index (κ3) is 3.93. The number of nitrogens with zero attached hydrogens (tertiary/aromatic N) is 2. The molecular formula is C10H14N2O3. The number of ether oxygens (including phenoxy) is 1. The predicted octanol–water partition coefficient (Wildman–Crippen LogP) is 1.60. The van der Waals surface area contributed by atoms with Gasteiger partial charge in [-0.1, -0.05) is 20.8 Å². The number of carboxylic acids is 1. The van der Waals surface area contributed by atoms with E-state index >= 15 is 0 Å². The van der Waals surface area contributed by atoms with Crippen molar-refractivity contribution in [3.05, 3.63) is 18.0 Å². The summed E-state index contributed by atoms with van der Waals surface area (Å²) in [5, 5.41) is 8.69. The van der Waals surface area contributed by atoms with E-state index in [-0.39, 0.29) is 17.1 Å². The largest absolute Gasteiger partial charge is 0.477 e. The molecule has 0 aliphatic rings. The van der Waals surface area contributed by atoms with Crippen LogP contribution in [-0.4, -0.2) is 27.7 Å². The summed E-state index contributed by atoms with van der Waals surface area (Å²) in [6.07, 6.45) is 1.37. The fourth-order valence-electron chi connectivity index (χ4n) is 0.811. The minimum absolute atomic E-state index is 0.0113. The molecule has 0 fully saturated rings. The number of hydrogen-bond acceptors (Lipinski definition) is 4. The van der Waals surface area contributed by atoms with E-state index < -0.39 is 5.97 Å². The van der Waals surface area contributed by atoms with Gasteiger partial charge in [0.05, 0.1) is 6.61 Å². The number of carboxylic acid groups (broad SMARTS) is 1. The Morgan fingerprint density at radius 2 is 2.20 bits per heavy atom. The van der Waals surface area contributed by atoms with Crippen molar-refractivity contribution < 1.29 is 14.6 Å². The molecule has 0 radical (unpaired) electrons. The van der Waals surface area contributed by atoms with E-state index in [1.54, 1.807) is 0 Å². The molecule has 15 heavy (non-hydrogen) atoms. The standard InChI is InChI=1S/C10H14N2O3/c1-10(2,3)6-15-9-11-5-4-7(12-9)8(13)14/h4-5H,6H2,1-3H3,(H,13,14). The molecule has 0 amide bonds. The lowest BCUT2D eigenvalue weighted by Gasteiger charge is -2.17. The second-order valence-electron chi connectivity index (χ2n) is 4.38. The van der Waals surface area contributed by atoms with Crippen LogP contribution in [0, 0.1) is 5.41 Å². The normalized spacial score (nSPS) is 11.1. The van der Waals surface area contributed by atoms with Crippen LogP contribution in [0.3, 0.4) is 0 Å². The van der Waals surface area contributed by atoms with Gasteiger partial charge < -0.3 is 9.84 Å². The average Bonchev–Trinajstić information content (AvgIpc) is 2.14. The number of aromatic nitrogens is 2. The van der Waals surface area contributed by atoms with Gasteiger partial charge in [-0.05, 0) is 11.5 Å². The van der Waals surface area contributed by atoms with Crippen LogP contribution in [0.2, 0.25) is 0 Å². The van der Waals surface area contributed by atoms with E-state index in [0.29, 0.717) is 6.61 Å². The monoisotopic (exact) mass is 210 g/mol. The van der Waals surface area contributed by atoms with E-state index in [1.807, 2.05) is 20.8 Å². The van der Waals surface area contributed by atoms with E-state index in [1.165, 1.54) is 12.3 Å². The summed E-state index contributed by atoms with van der Waals surface area (Å²) in [4.78, 5) is 18.2. The summed E-state index contributed by atoms with van der Waals surface area (Å²) in [5.41, 5.74) is -0.0725. The summed E-state index contributed by atoms with van der Waals surface area (Å²) in [6, 6.07) is 1.43. The molecule has 1 rings (SSSR count). The molecule has 1 N–H and O–H groups in total. The van der Waals surface area contributed by atoms with Crippen LogP contribution < -0.4 is 4.74 Å². The second kappa shape index (κ2) is 4.25. The summed E-state index contributed by atoms with van der Waals surface area (Å²) in [6.45, 7) is 6.46. The molecule has 1 aromatic rings. The van der Waals surface area contributed by atoms with Gasteiger partial charge in [-0.25, -0.2) is 9.78 Å². The van der Waals surface area contributed by atoms with Crippen molar-refractivity contribution in [2.24, 2.45) is 5.41 Å². The second-order valence-corrected chi connectivity index (χ2v) is 4.38. The quantitative estimate of drug-likeness (QED) is 0.820. The molecule has 0 aliphatic heterocycles. The van der Waals surface area contributed by atoms with Crippen molar-refractivity contribution in [3.8, 4) is 6.01 Å². The Balaban J connectivity index is 2.70. The molecule has 0 atom stereocenters. The number of rotatable bonds is 3. The third-order valence-electron chi connectivity index (χ3n) is 1.49. The lowest BCUT2D eigenvalue weighted by atomic mass is 9.99. The number of hydrogen-bond donors (Lipinski definition) is 1. The molecule has 0 spiro atoms. The first kappa shape index (κ1) is 11.4. The summed E-state index contributed by atoms with van der Waals surface area (Å²) < 4.78 is 5.28. The van der Waals surface area contributed by atoms with Crippen molar-refractivity contribution in [3.63, 3.8) is 0 Å². The first-order valence-electron chi connectivity index (χ1n) is 4.58. The maximum Gasteiger partial charge on any atom is 0.354 e. The highest BCUT2D eigenvalue weighted by atomic mass is 16.5. The predicted molar refractivity (Wildman–Crippen MR) is 53.9 cm³/mol. The Morgan fingerprint density at radius 1 is 1.53 bits per heavy atom. The van der Waals surface area contributed by atoms with Gasteiger partial charge in [0.25, 0.3) is 0 Å². The van der Waals surface area contributed by atoms with Gasteiger partial charge in [-0.15, -0.1) is 0 Å². The van der Waals surface area contributed by atoms with Crippen LogP contribution in [0.1, 0.15) is 31.3 Å². The van der Waals surface area contributed by atoms with Crippen molar-refractivity contribution in [2.45, 2.75) is 20.8 Å². The number of aromatic carboxylic acids is 1. The molecule has 0 aromatic carbocycles. The Bertz CT molecular complexity index is 358. The molecule has 0 saturated carbocycles. The zero-order chi connectivity index (χ0) is 11.5. The Hall–Kier alpha value is -1.65. The van der Waals surface area contributed by atoms with Crippen molar-refractivity contribution in [1.82, 2.24) is 9.97 Å². The first-order valence-corrected chi connectivity index (χ1v) is 4.58. The molecular weight excluding hydrogens is 196 g/mol. The molecule has 1 heterocycles. The fourth-order valence-corrected chi connectivity index (χ4v) is 0.811. The first-order chi connectivity index (χ1) is 6.88.